The third-order valence-corrected chi connectivity index (χ3v) is 12.3. The number of ether oxygens (including phenoxy) is 4. The van der Waals surface area contributed by atoms with Gasteiger partial charge in [0.25, 0.3) is 5.91 Å². The van der Waals surface area contributed by atoms with E-state index in [1.54, 1.807) is 32.0 Å². The summed E-state index contributed by atoms with van der Waals surface area (Å²) in [5, 5.41) is 10.6. The molecular weight excluding hydrogens is 741 g/mol. The number of aromatic carboxylic acids is 1. The fraction of sp³-hybridized carbons (Fsp3) is 0.526. The van der Waals surface area contributed by atoms with Crippen molar-refractivity contribution >= 4 is 50.7 Å². The number of halogens is 2. The number of carbonyl (C=O) groups excluding carboxylic acids is 1. The quantitative estimate of drug-likeness (QED) is 0.243. The minimum atomic E-state index is -3.61. The van der Waals surface area contributed by atoms with Crippen molar-refractivity contribution in [2.75, 3.05) is 51.2 Å². The molecule has 16 heteroatoms. The summed E-state index contributed by atoms with van der Waals surface area (Å²) in [6, 6.07) is 10.9. The monoisotopic (exact) mass is 787 g/mol. The van der Waals surface area contributed by atoms with Crippen molar-refractivity contribution in [1.82, 2.24) is 4.72 Å². The van der Waals surface area contributed by atoms with Crippen molar-refractivity contribution in [2.45, 2.75) is 69.7 Å². The Labute approximate surface area is 320 Å². The number of nitrogens with one attached hydrogen (secondary N) is 2. The number of carbonyl (C=O) groups is 2. The van der Waals surface area contributed by atoms with Crippen LogP contribution in [0.5, 0.6) is 5.75 Å². The first-order valence-electron chi connectivity index (χ1n) is 18.0. The predicted molar refractivity (Wildman–Crippen MR) is 204 cm³/mol. The Morgan fingerprint density at radius 3 is 2.80 bits per heavy atom. The number of rotatable bonds is 12. The Hall–Kier alpha value is -4.05. The first kappa shape index (κ1) is 39.6. The van der Waals surface area contributed by atoms with E-state index in [0.29, 0.717) is 49.2 Å². The number of carboxylic acids is 1. The number of hydrogen-bond acceptors (Lipinski definition) is 11. The van der Waals surface area contributed by atoms with Crippen molar-refractivity contribution in [1.29, 1.82) is 4.78 Å². The highest BCUT2D eigenvalue weighted by atomic mass is 35.5. The lowest BCUT2D eigenvalue weighted by Gasteiger charge is -2.41. The molecule has 3 heterocycles. The smallest absolute Gasteiger partial charge is 0.335 e. The van der Waals surface area contributed by atoms with Crippen LogP contribution in [0.15, 0.2) is 58.3 Å². The molecule has 1 fully saturated rings. The van der Waals surface area contributed by atoms with Crippen LogP contribution in [0.4, 0.5) is 10.1 Å². The van der Waals surface area contributed by atoms with Crippen molar-refractivity contribution in [3.05, 3.63) is 70.0 Å². The normalized spacial score (nSPS) is 26.0. The van der Waals surface area contributed by atoms with Gasteiger partial charge >= 0.3 is 5.97 Å². The third kappa shape index (κ3) is 8.59. The lowest BCUT2D eigenvalue weighted by molar-refractivity contribution is -0.113. The van der Waals surface area contributed by atoms with Gasteiger partial charge in [0.05, 0.1) is 36.8 Å². The summed E-state index contributed by atoms with van der Waals surface area (Å²) in [5.74, 6) is -2.70. The molecule has 3 aliphatic heterocycles. The van der Waals surface area contributed by atoms with Crippen molar-refractivity contribution in [3.8, 4) is 5.75 Å². The summed E-state index contributed by atoms with van der Waals surface area (Å²) in [5.41, 5.74) is 2.61. The van der Waals surface area contributed by atoms with Gasteiger partial charge in [-0.2, -0.15) is 0 Å². The number of benzene rings is 2. The molecule has 2 aromatic rings. The van der Waals surface area contributed by atoms with Crippen LogP contribution in [0.25, 0.3) is 0 Å². The summed E-state index contributed by atoms with van der Waals surface area (Å²) in [4.78, 5) is 35.1. The second kappa shape index (κ2) is 16.4. The van der Waals surface area contributed by atoms with Crippen LogP contribution in [0.2, 0.25) is 5.02 Å². The zero-order chi connectivity index (χ0) is 38.8. The number of aliphatic imine (C=N–C) groups is 2. The Morgan fingerprint density at radius 1 is 1.26 bits per heavy atom. The molecule has 0 radical (unpaired) electrons. The largest absolute Gasteiger partial charge is 0.490 e. The maximum absolute atomic E-state index is 16.0. The van der Waals surface area contributed by atoms with E-state index in [4.69, 9.17) is 35.3 Å². The van der Waals surface area contributed by atoms with Gasteiger partial charge in [0.1, 0.15) is 33.8 Å². The molecule has 0 bridgehead atoms. The summed E-state index contributed by atoms with van der Waals surface area (Å²) >= 11 is 6.40. The lowest BCUT2D eigenvalue weighted by Crippen LogP contribution is -2.48. The molecule has 3 unspecified atom stereocenters. The summed E-state index contributed by atoms with van der Waals surface area (Å²) in [7, 11) is -0.844. The second-order valence-corrected chi connectivity index (χ2v) is 16.9. The molecule has 0 saturated carbocycles. The Morgan fingerprint density at radius 2 is 2.06 bits per heavy atom. The second-order valence-electron chi connectivity index (χ2n) is 14.6. The van der Waals surface area contributed by atoms with E-state index in [9.17, 15) is 18.9 Å². The first-order valence-corrected chi connectivity index (χ1v) is 20.2. The van der Waals surface area contributed by atoms with E-state index < -0.39 is 57.3 Å². The van der Waals surface area contributed by atoms with Gasteiger partial charge in [-0.15, -0.1) is 0 Å². The highest BCUT2D eigenvalue weighted by Crippen LogP contribution is 2.45. The van der Waals surface area contributed by atoms with E-state index in [1.165, 1.54) is 25.9 Å². The highest BCUT2D eigenvalue weighted by molar-refractivity contribution is 7.91. The van der Waals surface area contributed by atoms with Crippen LogP contribution in [0, 0.1) is 16.6 Å². The molecule has 1 amide bonds. The van der Waals surface area contributed by atoms with Crippen LogP contribution in [-0.4, -0.2) is 97.5 Å². The number of aryl methyl sites for hydroxylation is 1. The van der Waals surface area contributed by atoms with E-state index in [0.717, 1.165) is 24.8 Å². The summed E-state index contributed by atoms with van der Waals surface area (Å²) < 4.78 is 63.0. The van der Waals surface area contributed by atoms with Gasteiger partial charge in [-0.25, -0.2) is 28.2 Å². The fourth-order valence-corrected chi connectivity index (χ4v) is 9.68. The predicted octanol–water partition coefficient (Wildman–Crippen LogP) is 5.73. The van der Waals surface area contributed by atoms with Crippen LogP contribution >= 0.6 is 11.6 Å². The molecule has 1 saturated heterocycles. The summed E-state index contributed by atoms with van der Waals surface area (Å²) in [6.07, 6.45) is 2.59. The van der Waals surface area contributed by atoms with E-state index in [1.807, 2.05) is 12.1 Å². The number of nitrogens with zero attached hydrogens (tertiary/aromatic N) is 3. The number of amides is 1. The van der Waals surface area contributed by atoms with Gasteiger partial charge in [-0.1, -0.05) is 24.6 Å². The number of hydrogen-bond donors (Lipinski definition) is 3. The van der Waals surface area contributed by atoms with Crippen molar-refractivity contribution in [3.63, 3.8) is 0 Å². The van der Waals surface area contributed by atoms with Gasteiger partial charge in [0.2, 0.25) is 5.90 Å². The molecule has 3 N–H and O–H groups in total. The van der Waals surface area contributed by atoms with Gasteiger partial charge in [-0.05, 0) is 92.5 Å². The molecule has 4 aliphatic rings. The average Bonchev–Trinajstić information content (AvgIpc) is 3.71. The molecule has 6 rings (SSSR count). The van der Waals surface area contributed by atoms with E-state index in [2.05, 4.69) is 25.7 Å². The molecule has 13 nitrogen and oxygen atoms in total. The zero-order valence-corrected chi connectivity index (χ0v) is 32.4. The number of fused-ring (bicyclic) bond motifs is 3. The van der Waals surface area contributed by atoms with Gasteiger partial charge in [-0.3, -0.25) is 9.52 Å². The topological polar surface area (TPSA) is 172 Å². The van der Waals surface area contributed by atoms with Gasteiger partial charge in [0, 0.05) is 43.2 Å². The number of carboxylic acid groups (broad SMARTS) is 1. The maximum Gasteiger partial charge on any atom is 0.335 e. The number of methoxy groups -OCH3 is 2. The molecule has 7 atom stereocenters. The minimum absolute atomic E-state index is 0.00822. The Kier molecular flexibility index (Phi) is 12.0. The highest BCUT2D eigenvalue weighted by Gasteiger charge is 2.44. The number of anilines is 1. The van der Waals surface area contributed by atoms with Crippen LogP contribution < -0.4 is 14.4 Å². The maximum atomic E-state index is 16.0. The third-order valence-electron chi connectivity index (χ3n) is 10.5. The van der Waals surface area contributed by atoms with Crippen molar-refractivity contribution in [2.24, 2.45) is 21.8 Å². The Bertz CT molecular complexity index is 1980. The van der Waals surface area contributed by atoms with E-state index in [-0.39, 0.29) is 35.3 Å². The molecule has 2 aromatic carbocycles. The van der Waals surface area contributed by atoms with E-state index >= 15 is 4.39 Å². The Balaban J connectivity index is 1.18. The standard InChI is InChI=1S/C38H47ClFN5O8S/c1-22(19-54(41,49)44-35(46)32-36(51-4)43-23(2)42-32)7-11-29(40)34(50-3)33-26(13-15-52-33)18-45-20-38(14-5-6-24-16-27(39)9-10-28(24)38)21-53-31-12-8-25(37(47)48)17-30(31)45/h8-12,16-17,22-23,26,33-34H,5-7,13-15,18-21H2,1-4H3,(H,47,48)(H2,41,44,46,49)/b29-11-/t22-,23?,26-,33+,34?,38-,54?/m0/s1. The average molecular weight is 788 g/mol. The summed E-state index contributed by atoms with van der Waals surface area (Å²) in [6.45, 7) is 5.15. The fourth-order valence-electron chi connectivity index (χ4n) is 8.06. The van der Waals surface area contributed by atoms with Crippen LogP contribution in [0.1, 0.15) is 61.0 Å². The van der Waals surface area contributed by atoms with Crippen LogP contribution in [-0.2, 0) is 40.8 Å². The van der Waals surface area contributed by atoms with Crippen LogP contribution in [0.3, 0.4) is 0 Å². The molecule has 54 heavy (non-hydrogen) atoms. The molecule has 0 aromatic heterocycles. The SMILES string of the molecule is COC1=NC(C)N=C1C(=O)NS(=N)(=O)C[C@@H](C)C/C=C(\F)C(OC)[C@@H]1OCC[C@H]1CN1C[C@@]2(CCCc3cc(Cl)ccc32)COc2ccc(C(=O)O)cc21. The molecule has 292 valence electrons. The minimum Gasteiger partial charge on any atom is -0.490 e. The van der Waals surface area contributed by atoms with Crippen molar-refractivity contribution < 1.29 is 42.2 Å². The molecule has 1 aliphatic carbocycles. The molecular formula is C38H47ClFN5O8S. The van der Waals surface area contributed by atoms with Gasteiger partial charge in [0.15, 0.2) is 5.71 Å². The lowest BCUT2D eigenvalue weighted by atomic mass is 9.70. The zero-order valence-electron chi connectivity index (χ0n) is 30.8. The van der Waals surface area contributed by atoms with Gasteiger partial charge < -0.3 is 29.0 Å². The first-order chi connectivity index (χ1) is 25.7. The molecule has 1 spiro atoms. The number of allylic oxidation sites excluding steroid dienone is 1.